The predicted octanol–water partition coefficient (Wildman–Crippen LogP) is 4.44. The Morgan fingerprint density at radius 1 is 1.29 bits per heavy atom. The molecule has 4 heteroatoms. The van der Waals surface area contributed by atoms with Crippen molar-refractivity contribution >= 4 is 14.0 Å². The van der Waals surface area contributed by atoms with Crippen molar-refractivity contribution in [2.45, 2.75) is 57.8 Å². The van der Waals surface area contributed by atoms with Crippen LogP contribution in [0.15, 0.2) is 18.2 Å². The van der Waals surface area contributed by atoms with Gasteiger partial charge in [0.05, 0.1) is 13.7 Å². The van der Waals surface area contributed by atoms with Crippen molar-refractivity contribution in [2.24, 2.45) is 0 Å². The molecule has 0 fully saturated rings. The van der Waals surface area contributed by atoms with Crippen LogP contribution in [-0.4, -0.2) is 28.1 Å². The van der Waals surface area contributed by atoms with Gasteiger partial charge in [0.25, 0.3) is 0 Å². The fourth-order valence-corrected chi connectivity index (χ4v) is 3.36. The zero-order chi connectivity index (χ0) is 15.7. The third-order valence-corrected chi connectivity index (χ3v) is 9.39. The highest BCUT2D eigenvalue weighted by molar-refractivity contribution is 6.74. The number of methoxy groups -OCH3 is 1. The molecule has 118 valence electrons. The van der Waals surface area contributed by atoms with Crippen LogP contribution in [-0.2, 0) is 10.8 Å². The Balaban J connectivity index is 1.98. The Morgan fingerprint density at radius 2 is 2.00 bits per heavy atom. The van der Waals surface area contributed by atoms with Crippen LogP contribution in [0.1, 0.15) is 32.8 Å². The van der Waals surface area contributed by atoms with Gasteiger partial charge in [0, 0.05) is 17.8 Å². The molecule has 0 saturated heterocycles. The van der Waals surface area contributed by atoms with E-state index in [4.69, 9.17) is 9.16 Å². The third-order valence-electron chi connectivity index (χ3n) is 4.89. The summed E-state index contributed by atoms with van der Waals surface area (Å²) in [5.41, 5.74) is 2.57. The Labute approximate surface area is 130 Å². The molecule has 0 amide bonds. The van der Waals surface area contributed by atoms with Crippen LogP contribution >= 0.6 is 0 Å². The summed E-state index contributed by atoms with van der Waals surface area (Å²) in [5, 5.41) is 3.88. The quantitative estimate of drug-likeness (QED) is 0.834. The van der Waals surface area contributed by atoms with Gasteiger partial charge in [-0.25, -0.2) is 0 Å². The molecule has 0 saturated carbocycles. The molecule has 2 rings (SSSR count). The molecule has 3 nitrogen and oxygen atoms in total. The Morgan fingerprint density at radius 3 is 2.62 bits per heavy atom. The lowest BCUT2D eigenvalue weighted by atomic mass is 9.98. The van der Waals surface area contributed by atoms with Gasteiger partial charge in [-0.15, -0.1) is 0 Å². The van der Waals surface area contributed by atoms with E-state index in [0.29, 0.717) is 6.04 Å². The maximum absolute atomic E-state index is 6.35. The standard InChI is InChI=1S/C17H29NO2Si/c1-17(2,3)21(5,6)20-12-14-9-7-13-8-10-15(19-4)11-16(13)18-14/h8,10-11,14,18H,7,9,12H2,1-6H3/t14-/m1/s1. The second kappa shape index (κ2) is 6.01. The molecular weight excluding hydrogens is 278 g/mol. The second-order valence-electron chi connectivity index (χ2n) is 7.47. The van der Waals surface area contributed by atoms with Crippen LogP contribution in [0.2, 0.25) is 18.1 Å². The first-order valence-electron chi connectivity index (χ1n) is 7.80. The number of aryl methyl sites for hydroxylation is 1. The molecule has 0 spiro atoms. The van der Waals surface area contributed by atoms with E-state index in [0.717, 1.165) is 25.2 Å². The van der Waals surface area contributed by atoms with E-state index in [1.165, 1.54) is 11.3 Å². The predicted molar refractivity (Wildman–Crippen MR) is 91.9 cm³/mol. The summed E-state index contributed by atoms with van der Waals surface area (Å²) < 4.78 is 11.7. The molecule has 0 aliphatic carbocycles. The van der Waals surface area contributed by atoms with Crippen LogP contribution < -0.4 is 10.1 Å². The summed E-state index contributed by atoms with van der Waals surface area (Å²) in [5.74, 6) is 0.909. The number of fused-ring (bicyclic) bond motifs is 1. The van der Waals surface area contributed by atoms with Crippen LogP contribution in [0.5, 0.6) is 5.75 Å². The van der Waals surface area contributed by atoms with E-state index in [1.807, 2.05) is 6.07 Å². The highest BCUT2D eigenvalue weighted by atomic mass is 28.4. The SMILES string of the molecule is COc1ccc2c(c1)N[C@@H](CO[Si](C)(C)C(C)(C)C)CC2. The minimum atomic E-state index is -1.66. The van der Waals surface area contributed by atoms with Crippen molar-refractivity contribution in [3.05, 3.63) is 23.8 Å². The largest absolute Gasteiger partial charge is 0.497 e. The normalized spacial score (nSPS) is 18.9. The number of ether oxygens (including phenoxy) is 1. The van der Waals surface area contributed by atoms with Crippen molar-refractivity contribution in [1.82, 2.24) is 0 Å². The van der Waals surface area contributed by atoms with Gasteiger partial charge in [0.1, 0.15) is 5.75 Å². The first kappa shape index (κ1) is 16.4. The molecule has 0 unspecified atom stereocenters. The number of hydrogen-bond donors (Lipinski definition) is 1. The van der Waals surface area contributed by atoms with Crippen LogP contribution in [0.25, 0.3) is 0 Å². The molecule has 1 aliphatic heterocycles. The second-order valence-corrected chi connectivity index (χ2v) is 12.3. The lowest BCUT2D eigenvalue weighted by Gasteiger charge is -2.38. The fourth-order valence-electron chi connectivity index (χ4n) is 2.31. The van der Waals surface area contributed by atoms with Crippen molar-refractivity contribution in [3.63, 3.8) is 0 Å². The minimum absolute atomic E-state index is 0.267. The van der Waals surface area contributed by atoms with Gasteiger partial charge in [-0.3, -0.25) is 0 Å². The van der Waals surface area contributed by atoms with Gasteiger partial charge in [-0.1, -0.05) is 26.8 Å². The smallest absolute Gasteiger partial charge is 0.192 e. The van der Waals surface area contributed by atoms with Crippen LogP contribution in [0, 0.1) is 0 Å². The molecule has 0 bridgehead atoms. The Hall–Kier alpha value is -1.00. The van der Waals surface area contributed by atoms with Crippen molar-refractivity contribution in [3.8, 4) is 5.75 Å². The first-order valence-corrected chi connectivity index (χ1v) is 10.7. The summed E-state index contributed by atoms with van der Waals surface area (Å²) in [4.78, 5) is 0. The molecule has 1 aromatic rings. The molecule has 0 aromatic heterocycles. The number of benzene rings is 1. The lowest BCUT2D eigenvalue weighted by Crippen LogP contribution is -2.44. The number of nitrogens with one attached hydrogen (secondary N) is 1. The molecule has 1 atom stereocenters. The summed E-state index contributed by atoms with van der Waals surface area (Å²) in [7, 11) is 0.0480. The van der Waals surface area contributed by atoms with Crippen molar-refractivity contribution < 1.29 is 9.16 Å². The van der Waals surface area contributed by atoms with Gasteiger partial charge in [-0.05, 0) is 42.6 Å². The van der Waals surface area contributed by atoms with Crippen LogP contribution in [0.4, 0.5) is 5.69 Å². The van der Waals surface area contributed by atoms with Gasteiger partial charge in [-0.2, -0.15) is 0 Å². The Kier molecular flexibility index (Phi) is 4.68. The Bertz CT molecular complexity index is 494. The molecule has 1 N–H and O–H groups in total. The van der Waals surface area contributed by atoms with Gasteiger partial charge in [0.2, 0.25) is 0 Å². The first-order chi connectivity index (χ1) is 9.73. The van der Waals surface area contributed by atoms with Gasteiger partial charge >= 0.3 is 0 Å². The highest BCUT2D eigenvalue weighted by Gasteiger charge is 2.37. The zero-order valence-corrected chi connectivity index (χ0v) is 15.2. The lowest BCUT2D eigenvalue weighted by molar-refractivity contribution is 0.264. The van der Waals surface area contributed by atoms with E-state index in [9.17, 15) is 0 Å². The third kappa shape index (κ3) is 3.80. The summed E-state index contributed by atoms with van der Waals surface area (Å²) in [6.07, 6.45) is 2.24. The van der Waals surface area contributed by atoms with E-state index < -0.39 is 8.32 Å². The summed E-state index contributed by atoms with van der Waals surface area (Å²) in [6.45, 7) is 12.3. The average Bonchev–Trinajstić information content (AvgIpc) is 2.43. The van der Waals surface area contributed by atoms with E-state index in [2.05, 4.69) is 51.3 Å². The highest BCUT2D eigenvalue weighted by Crippen LogP contribution is 2.37. The minimum Gasteiger partial charge on any atom is -0.497 e. The molecule has 0 radical (unpaired) electrons. The van der Waals surface area contributed by atoms with E-state index in [1.54, 1.807) is 7.11 Å². The molecule has 1 heterocycles. The monoisotopic (exact) mass is 307 g/mol. The number of anilines is 1. The van der Waals surface area contributed by atoms with Gasteiger partial charge < -0.3 is 14.5 Å². The molecule has 21 heavy (non-hydrogen) atoms. The zero-order valence-electron chi connectivity index (χ0n) is 14.2. The number of hydrogen-bond acceptors (Lipinski definition) is 3. The van der Waals surface area contributed by atoms with E-state index >= 15 is 0 Å². The maximum atomic E-state index is 6.35. The summed E-state index contributed by atoms with van der Waals surface area (Å²) in [6, 6.07) is 6.69. The maximum Gasteiger partial charge on any atom is 0.192 e. The van der Waals surface area contributed by atoms with Crippen LogP contribution in [0.3, 0.4) is 0 Å². The van der Waals surface area contributed by atoms with E-state index in [-0.39, 0.29) is 5.04 Å². The topological polar surface area (TPSA) is 30.5 Å². The van der Waals surface area contributed by atoms with Gasteiger partial charge in [0.15, 0.2) is 8.32 Å². The molecule has 1 aliphatic rings. The number of rotatable bonds is 4. The summed E-state index contributed by atoms with van der Waals surface area (Å²) >= 11 is 0. The average molecular weight is 308 g/mol. The fraction of sp³-hybridized carbons (Fsp3) is 0.647. The molecular formula is C17H29NO2Si. The van der Waals surface area contributed by atoms with Crippen molar-refractivity contribution in [1.29, 1.82) is 0 Å². The van der Waals surface area contributed by atoms with Crippen molar-refractivity contribution in [2.75, 3.05) is 19.0 Å². The molecule has 1 aromatic carbocycles.